The fraction of sp³-hybridized carbons (Fsp3) is 0.500. The normalized spacial score (nSPS) is 19.1. The second-order valence-corrected chi connectivity index (χ2v) is 6.54. The minimum absolute atomic E-state index is 0.0198. The molecule has 0 aromatic carbocycles. The Morgan fingerprint density at radius 3 is 2.42 bits per heavy atom. The van der Waals surface area contributed by atoms with Gasteiger partial charge in [-0.2, -0.15) is 0 Å². The van der Waals surface area contributed by atoms with E-state index >= 15 is 0 Å². The summed E-state index contributed by atoms with van der Waals surface area (Å²) in [6, 6.07) is 0. The Morgan fingerprint density at radius 2 is 1.88 bits per heavy atom. The molecule has 0 unspecified atom stereocenters. The lowest BCUT2D eigenvalue weighted by Gasteiger charge is -2.23. The van der Waals surface area contributed by atoms with Gasteiger partial charge >= 0.3 is 0 Å². The van der Waals surface area contributed by atoms with Gasteiger partial charge in [0.25, 0.3) is 0 Å². The molecule has 1 saturated carbocycles. The first-order chi connectivity index (χ1) is 11.4. The lowest BCUT2D eigenvalue weighted by atomic mass is 9.83. The van der Waals surface area contributed by atoms with E-state index in [-0.39, 0.29) is 27.6 Å². The maximum absolute atomic E-state index is 12.8. The average Bonchev–Trinajstić information content (AvgIpc) is 2.56. The molecule has 1 fully saturated rings. The summed E-state index contributed by atoms with van der Waals surface area (Å²) in [6.45, 7) is 1.92. The van der Waals surface area contributed by atoms with Crippen molar-refractivity contribution in [3.8, 4) is 0 Å². The van der Waals surface area contributed by atoms with E-state index in [9.17, 15) is 9.59 Å². The molecule has 8 heteroatoms. The van der Waals surface area contributed by atoms with Gasteiger partial charge in [-0.25, -0.2) is 9.97 Å². The Bertz CT molecular complexity index is 680. The number of nitrogens with zero attached hydrogens (tertiary/aromatic N) is 2. The van der Waals surface area contributed by atoms with Crippen molar-refractivity contribution in [2.24, 2.45) is 11.7 Å². The number of nitrogen functional groups attached to an aromatic ring is 1. The molecule has 0 amide bonds. The third kappa shape index (κ3) is 3.87. The summed E-state index contributed by atoms with van der Waals surface area (Å²) >= 11 is 11.8. The molecule has 1 aromatic heterocycles. The van der Waals surface area contributed by atoms with E-state index in [0.717, 1.165) is 12.8 Å². The number of nitrogens with two attached hydrogens (primary N) is 2. The lowest BCUT2D eigenvalue weighted by Crippen LogP contribution is -2.28. The standard InChI is InChI=1S/C16H20Cl2N4O2/c1-2-5-9(11(19)8-6-3-4-7-10(8)23)13(24)16-21-14(17)12(20)15(18)22-16/h8H,2-7,19-20H2,1H3/b11-9-/t8-/m0/s1. The van der Waals surface area contributed by atoms with E-state index in [0.29, 0.717) is 37.0 Å². The van der Waals surface area contributed by atoms with Gasteiger partial charge in [0.2, 0.25) is 11.6 Å². The minimum Gasteiger partial charge on any atom is -0.401 e. The quantitative estimate of drug-likeness (QED) is 0.466. The number of ketones is 2. The van der Waals surface area contributed by atoms with Crippen LogP contribution in [-0.4, -0.2) is 21.5 Å². The smallest absolute Gasteiger partial charge is 0.228 e. The molecule has 1 heterocycles. The van der Waals surface area contributed by atoms with Gasteiger partial charge in [0, 0.05) is 17.7 Å². The van der Waals surface area contributed by atoms with Gasteiger partial charge in [-0.3, -0.25) is 9.59 Å². The van der Waals surface area contributed by atoms with Crippen molar-refractivity contribution in [2.75, 3.05) is 5.73 Å². The molecule has 130 valence electrons. The van der Waals surface area contributed by atoms with Crippen LogP contribution in [-0.2, 0) is 4.79 Å². The van der Waals surface area contributed by atoms with Crippen LogP contribution in [0.25, 0.3) is 0 Å². The predicted octanol–water partition coefficient (Wildman–Crippen LogP) is 3.32. The molecule has 1 aromatic rings. The molecule has 0 spiro atoms. The first-order valence-corrected chi connectivity index (χ1v) is 8.66. The number of rotatable bonds is 5. The Morgan fingerprint density at radius 1 is 1.25 bits per heavy atom. The van der Waals surface area contributed by atoms with Crippen molar-refractivity contribution in [3.05, 3.63) is 27.4 Å². The summed E-state index contributed by atoms with van der Waals surface area (Å²) in [5.74, 6) is -0.955. The summed E-state index contributed by atoms with van der Waals surface area (Å²) in [6.07, 6.45) is 4.06. The van der Waals surface area contributed by atoms with E-state index in [4.69, 9.17) is 34.7 Å². The van der Waals surface area contributed by atoms with E-state index < -0.39 is 11.7 Å². The van der Waals surface area contributed by atoms with Crippen LogP contribution in [0.2, 0.25) is 10.3 Å². The molecule has 0 radical (unpaired) electrons. The van der Waals surface area contributed by atoms with Gasteiger partial charge < -0.3 is 11.5 Å². The maximum Gasteiger partial charge on any atom is 0.228 e. The molecule has 0 bridgehead atoms. The molecule has 1 aliphatic carbocycles. The van der Waals surface area contributed by atoms with Crippen LogP contribution in [0.1, 0.15) is 56.1 Å². The number of carbonyl (C=O) groups excluding carboxylic acids is 2. The van der Waals surface area contributed by atoms with Gasteiger partial charge in [-0.05, 0) is 19.3 Å². The summed E-state index contributed by atoms with van der Waals surface area (Å²) in [7, 11) is 0. The van der Waals surface area contributed by atoms with Crippen molar-refractivity contribution < 1.29 is 9.59 Å². The number of hydrogen-bond donors (Lipinski definition) is 2. The number of halogens is 2. The predicted molar refractivity (Wildman–Crippen MR) is 93.9 cm³/mol. The van der Waals surface area contributed by atoms with Gasteiger partial charge in [0.15, 0.2) is 10.3 Å². The molecule has 2 rings (SSSR count). The number of aromatic nitrogens is 2. The molecular weight excluding hydrogens is 351 g/mol. The highest BCUT2D eigenvalue weighted by atomic mass is 35.5. The van der Waals surface area contributed by atoms with E-state index in [1.165, 1.54) is 0 Å². The van der Waals surface area contributed by atoms with E-state index in [2.05, 4.69) is 9.97 Å². The van der Waals surface area contributed by atoms with Crippen LogP contribution in [0, 0.1) is 5.92 Å². The van der Waals surface area contributed by atoms with Crippen molar-refractivity contribution in [1.82, 2.24) is 9.97 Å². The van der Waals surface area contributed by atoms with Crippen molar-refractivity contribution in [1.29, 1.82) is 0 Å². The SMILES string of the molecule is CCC/C(C(=O)c1nc(Cl)c(N)c(Cl)n1)=C(/N)[C@H]1CCCCC1=O. The number of anilines is 1. The van der Waals surface area contributed by atoms with Crippen LogP contribution in [0.3, 0.4) is 0 Å². The fourth-order valence-electron chi connectivity index (χ4n) is 2.81. The second kappa shape index (κ2) is 7.94. The Kier molecular flexibility index (Phi) is 6.18. The molecule has 0 saturated heterocycles. The summed E-state index contributed by atoms with van der Waals surface area (Å²) < 4.78 is 0. The van der Waals surface area contributed by atoms with Crippen LogP contribution in [0.4, 0.5) is 5.69 Å². The lowest BCUT2D eigenvalue weighted by molar-refractivity contribution is -0.123. The highest BCUT2D eigenvalue weighted by Gasteiger charge is 2.29. The van der Waals surface area contributed by atoms with Crippen molar-refractivity contribution in [3.63, 3.8) is 0 Å². The largest absolute Gasteiger partial charge is 0.401 e. The second-order valence-electron chi connectivity index (χ2n) is 5.82. The molecular formula is C16H20Cl2N4O2. The number of Topliss-reactive ketones (excluding diaryl/α,β-unsaturated/α-hetero) is 2. The number of allylic oxidation sites excluding steroid dienone is 2. The molecule has 0 aliphatic heterocycles. The highest BCUT2D eigenvalue weighted by Crippen LogP contribution is 2.29. The third-order valence-corrected chi connectivity index (χ3v) is 4.68. The zero-order valence-electron chi connectivity index (χ0n) is 13.4. The van der Waals surface area contributed by atoms with Crippen LogP contribution in [0.5, 0.6) is 0 Å². The highest BCUT2D eigenvalue weighted by molar-refractivity contribution is 6.37. The van der Waals surface area contributed by atoms with Gasteiger partial charge in [-0.1, -0.05) is 43.0 Å². The Hall–Kier alpha value is -1.66. The summed E-state index contributed by atoms with van der Waals surface area (Å²) in [4.78, 5) is 32.8. The van der Waals surface area contributed by atoms with Gasteiger partial charge in [-0.15, -0.1) is 0 Å². The van der Waals surface area contributed by atoms with E-state index in [1.54, 1.807) is 0 Å². The van der Waals surface area contributed by atoms with Crippen LogP contribution >= 0.6 is 23.2 Å². The van der Waals surface area contributed by atoms with Gasteiger partial charge in [0.05, 0.1) is 5.92 Å². The first kappa shape index (κ1) is 18.7. The molecule has 1 aliphatic rings. The molecule has 4 N–H and O–H groups in total. The van der Waals surface area contributed by atoms with Gasteiger partial charge in [0.1, 0.15) is 11.5 Å². The fourth-order valence-corrected chi connectivity index (χ4v) is 3.20. The Balaban J connectivity index is 2.44. The summed E-state index contributed by atoms with van der Waals surface area (Å²) in [5, 5.41) is -0.164. The summed E-state index contributed by atoms with van der Waals surface area (Å²) in [5.41, 5.74) is 12.5. The Labute approximate surface area is 150 Å². The number of carbonyl (C=O) groups is 2. The minimum atomic E-state index is -0.462. The van der Waals surface area contributed by atoms with Crippen molar-refractivity contribution in [2.45, 2.75) is 45.4 Å². The average molecular weight is 371 g/mol. The zero-order chi connectivity index (χ0) is 17.9. The van der Waals surface area contributed by atoms with E-state index in [1.807, 2.05) is 6.92 Å². The van der Waals surface area contributed by atoms with Crippen LogP contribution in [0.15, 0.2) is 11.3 Å². The number of hydrogen-bond acceptors (Lipinski definition) is 6. The monoisotopic (exact) mass is 370 g/mol. The van der Waals surface area contributed by atoms with Crippen molar-refractivity contribution >= 4 is 40.5 Å². The van der Waals surface area contributed by atoms with Crippen LogP contribution < -0.4 is 11.5 Å². The topological polar surface area (TPSA) is 112 Å². The third-order valence-electron chi connectivity index (χ3n) is 4.11. The molecule has 1 atom stereocenters. The maximum atomic E-state index is 12.8. The zero-order valence-corrected chi connectivity index (χ0v) is 15.0. The molecule has 6 nitrogen and oxygen atoms in total. The molecule has 24 heavy (non-hydrogen) atoms. The first-order valence-electron chi connectivity index (χ1n) is 7.91.